The number of nitrogens with zero attached hydrogens (tertiary/aromatic N) is 2. The molecular weight excluding hydrogens is 240 g/mol. The van der Waals surface area contributed by atoms with Crippen molar-refractivity contribution in [2.45, 2.75) is 12.8 Å². The Labute approximate surface area is 105 Å². The number of hydrogen-bond acceptors (Lipinski definition) is 4. The smallest absolute Gasteiger partial charge is 0.255 e. The predicted octanol–water partition coefficient (Wildman–Crippen LogP) is 1.50. The molecule has 1 saturated carbocycles. The Hall–Kier alpha value is -1.33. The Kier molecular flexibility index (Phi) is 3.49. The Balaban J connectivity index is 2.09. The van der Waals surface area contributed by atoms with Crippen LogP contribution in [0.5, 0.6) is 0 Å². The van der Waals surface area contributed by atoms with Crippen molar-refractivity contribution in [3.05, 3.63) is 22.8 Å². The minimum Gasteiger partial charge on any atom is -0.341 e. The lowest BCUT2D eigenvalue weighted by Crippen LogP contribution is -2.28. The number of aromatic nitrogens is 1. The van der Waals surface area contributed by atoms with Gasteiger partial charge in [-0.3, -0.25) is 4.79 Å². The van der Waals surface area contributed by atoms with E-state index < -0.39 is 0 Å². The van der Waals surface area contributed by atoms with Crippen molar-refractivity contribution in [2.75, 3.05) is 19.0 Å². The van der Waals surface area contributed by atoms with Gasteiger partial charge in [-0.2, -0.15) is 0 Å². The van der Waals surface area contributed by atoms with E-state index in [1.54, 1.807) is 18.0 Å². The van der Waals surface area contributed by atoms with E-state index in [4.69, 9.17) is 17.4 Å². The zero-order valence-electron chi connectivity index (χ0n) is 9.61. The van der Waals surface area contributed by atoms with Crippen molar-refractivity contribution in [3.63, 3.8) is 0 Å². The predicted molar refractivity (Wildman–Crippen MR) is 66.7 cm³/mol. The van der Waals surface area contributed by atoms with Crippen molar-refractivity contribution in [1.29, 1.82) is 0 Å². The second-order valence-corrected chi connectivity index (χ2v) is 4.74. The van der Waals surface area contributed by atoms with Crippen LogP contribution in [-0.4, -0.2) is 29.4 Å². The number of halogens is 1. The fourth-order valence-corrected chi connectivity index (χ4v) is 1.87. The molecule has 6 heteroatoms. The fourth-order valence-electron chi connectivity index (χ4n) is 1.65. The van der Waals surface area contributed by atoms with Crippen LogP contribution in [-0.2, 0) is 0 Å². The van der Waals surface area contributed by atoms with Crippen LogP contribution >= 0.6 is 11.6 Å². The molecule has 0 aromatic carbocycles. The summed E-state index contributed by atoms with van der Waals surface area (Å²) >= 11 is 5.92. The van der Waals surface area contributed by atoms with Gasteiger partial charge in [-0.25, -0.2) is 10.8 Å². The Morgan fingerprint density at radius 1 is 1.71 bits per heavy atom. The van der Waals surface area contributed by atoms with Crippen LogP contribution < -0.4 is 11.3 Å². The first-order chi connectivity index (χ1) is 8.11. The number of nitrogens with two attached hydrogens (primary N) is 1. The summed E-state index contributed by atoms with van der Waals surface area (Å²) in [7, 11) is 1.80. The van der Waals surface area contributed by atoms with E-state index in [1.807, 2.05) is 0 Å². The maximum atomic E-state index is 12.0. The van der Waals surface area contributed by atoms with Crippen molar-refractivity contribution >= 4 is 23.3 Å². The molecule has 1 aromatic rings. The Bertz CT molecular complexity index is 433. The van der Waals surface area contributed by atoms with Gasteiger partial charge in [0.2, 0.25) is 0 Å². The molecule has 3 N–H and O–H groups in total. The molecule has 17 heavy (non-hydrogen) atoms. The molecule has 0 spiro atoms. The Morgan fingerprint density at radius 2 is 2.41 bits per heavy atom. The number of anilines is 1. The maximum absolute atomic E-state index is 12.0. The summed E-state index contributed by atoms with van der Waals surface area (Å²) in [6, 6.07) is 1.58. The topological polar surface area (TPSA) is 71.2 Å². The van der Waals surface area contributed by atoms with Gasteiger partial charge in [0.05, 0.1) is 10.6 Å². The van der Waals surface area contributed by atoms with Crippen LogP contribution in [0.1, 0.15) is 23.2 Å². The molecule has 1 fully saturated rings. The number of hydrazine groups is 1. The van der Waals surface area contributed by atoms with Gasteiger partial charge in [0.1, 0.15) is 0 Å². The third-order valence-corrected chi connectivity index (χ3v) is 3.09. The second-order valence-electron chi connectivity index (χ2n) is 4.33. The van der Waals surface area contributed by atoms with Gasteiger partial charge in [-0.05, 0) is 24.8 Å². The number of rotatable bonds is 4. The first kappa shape index (κ1) is 12.1. The van der Waals surface area contributed by atoms with E-state index in [1.165, 1.54) is 19.0 Å². The molecule has 92 valence electrons. The van der Waals surface area contributed by atoms with Crippen molar-refractivity contribution in [3.8, 4) is 0 Å². The minimum atomic E-state index is -0.0603. The standard InChI is InChI=1S/C11H15ClN4O/c1-16(6-7-2-3-7)11(17)8-4-9(12)10(15-13)14-5-8/h4-5,7H,2-3,6,13H2,1H3,(H,14,15). The molecule has 1 amide bonds. The summed E-state index contributed by atoms with van der Waals surface area (Å²) in [5.41, 5.74) is 2.85. The van der Waals surface area contributed by atoms with Gasteiger partial charge >= 0.3 is 0 Å². The van der Waals surface area contributed by atoms with Gasteiger partial charge in [-0.15, -0.1) is 0 Å². The molecule has 0 atom stereocenters. The highest BCUT2D eigenvalue weighted by Crippen LogP contribution is 2.29. The number of amides is 1. The first-order valence-corrected chi connectivity index (χ1v) is 5.87. The molecule has 2 rings (SSSR count). The Morgan fingerprint density at radius 3 is 2.94 bits per heavy atom. The normalized spacial score (nSPS) is 14.5. The summed E-state index contributed by atoms with van der Waals surface area (Å²) in [4.78, 5) is 17.7. The molecule has 0 radical (unpaired) electrons. The molecule has 0 saturated heterocycles. The van der Waals surface area contributed by atoms with Gasteiger partial charge in [0, 0.05) is 19.8 Å². The summed E-state index contributed by atoms with van der Waals surface area (Å²) in [6.45, 7) is 0.799. The van der Waals surface area contributed by atoms with Crippen LogP contribution in [0.15, 0.2) is 12.3 Å². The third-order valence-electron chi connectivity index (χ3n) is 2.80. The van der Waals surface area contributed by atoms with E-state index in [2.05, 4.69) is 10.4 Å². The molecule has 1 heterocycles. The summed E-state index contributed by atoms with van der Waals surface area (Å²) in [5.74, 6) is 6.19. The summed E-state index contributed by atoms with van der Waals surface area (Å²) < 4.78 is 0. The van der Waals surface area contributed by atoms with E-state index in [-0.39, 0.29) is 5.91 Å². The van der Waals surface area contributed by atoms with Crippen LogP contribution in [0, 0.1) is 5.92 Å². The number of carbonyl (C=O) groups excluding carboxylic acids is 1. The number of carbonyl (C=O) groups is 1. The second kappa shape index (κ2) is 4.89. The van der Waals surface area contributed by atoms with Crippen LogP contribution in [0.2, 0.25) is 5.02 Å². The lowest BCUT2D eigenvalue weighted by atomic mass is 10.2. The van der Waals surface area contributed by atoms with Crippen LogP contribution in [0.4, 0.5) is 5.82 Å². The molecule has 1 aliphatic carbocycles. The molecular formula is C11H15ClN4O. The lowest BCUT2D eigenvalue weighted by molar-refractivity contribution is 0.0788. The molecule has 1 aromatic heterocycles. The number of nitrogens with one attached hydrogen (secondary N) is 1. The zero-order valence-corrected chi connectivity index (χ0v) is 10.4. The molecule has 1 aliphatic rings. The van der Waals surface area contributed by atoms with Crippen molar-refractivity contribution in [2.24, 2.45) is 11.8 Å². The average Bonchev–Trinajstić information content (AvgIpc) is 3.11. The largest absolute Gasteiger partial charge is 0.341 e. The summed E-state index contributed by atoms with van der Waals surface area (Å²) in [6.07, 6.45) is 3.91. The third kappa shape index (κ3) is 2.87. The quantitative estimate of drug-likeness (QED) is 0.631. The number of hydrogen-bond donors (Lipinski definition) is 2. The van der Waals surface area contributed by atoms with Gasteiger partial charge in [0.25, 0.3) is 5.91 Å². The lowest BCUT2D eigenvalue weighted by Gasteiger charge is -2.16. The maximum Gasteiger partial charge on any atom is 0.255 e. The molecule has 0 aliphatic heterocycles. The minimum absolute atomic E-state index is 0.0603. The van der Waals surface area contributed by atoms with Crippen molar-refractivity contribution < 1.29 is 4.79 Å². The van der Waals surface area contributed by atoms with E-state index in [0.717, 1.165) is 6.54 Å². The molecule has 5 nitrogen and oxygen atoms in total. The van der Waals surface area contributed by atoms with Crippen LogP contribution in [0.25, 0.3) is 0 Å². The van der Waals surface area contributed by atoms with E-state index >= 15 is 0 Å². The van der Waals surface area contributed by atoms with Gasteiger partial charge in [0.15, 0.2) is 5.82 Å². The van der Waals surface area contributed by atoms with Crippen molar-refractivity contribution in [1.82, 2.24) is 9.88 Å². The van der Waals surface area contributed by atoms with Crippen LogP contribution in [0.3, 0.4) is 0 Å². The van der Waals surface area contributed by atoms with Gasteiger partial charge in [-0.1, -0.05) is 11.6 Å². The van der Waals surface area contributed by atoms with E-state index in [0.29, 0.717) is 22.3 Å². The van der Waals surface area contributed by atoms with Gasteiger partial charge < -0.3 is 10.3 Å². The zero-order chi connectivity index (χ0) is 12.4. The highest BCUT2D eigenvalue weighted by atomic mass is 35.5. The average molecular weight is 255 g/mol. The highest BCUT2D eigenvalue weighted by Gasteiger charge is 2.25. The summed E-state index contributed by atoms with van der Waals surface area (Å²) in [5, 5.41) is 0.346. The first-order valence-electron chi connectivity index (χ1n) is 5.49. The van der Waals surface area contributed by atoms with E-state index in [9.17, 15) is 4.79 Å². The SMILES string of the molecule is CN(CC1CC1)C(=O)c1cnc(NN)c(Cl)c1. The molecule has 0 unspecified atom stereocenters. The highest BCUT2D eigenvalue weighted by molar-refractivity contribution is 6.33. The number of pyridine rings is 1. The molecule has 0 bridgehead atoms. The number of nitrogen functional groups attached to an aromatic ring is 1. The monoisotopic (exact) mass is 254 g/mol. The fraction of sp³-hybridized carbons (Fsp3) is 0.455.